The first kappa shape index (κ1) is 18.1. The number of carbonyl (C=O) groups is 2. The van der Waals surface area contributed by atoms with Crippen LogP contribution in [0, 0.1) is 10.1 Å². The summed E-state index contributed by atoms with van der Waals surface area (Å²) in [5.41, 5.74) is 1.83. The Morgan fingerprint density at radius 2 is 1.48 bits per heavy atom. The van der Waals surface area contributed by atoms with E-state index < -0.39 is 4.92 Å². The van der Waals surface area contributed by atoms with Crippen LogP contribution >= 0.6 is 0 Å². The fraction of sp³-hybridized carbons (Fsp3) is 0.176. The molecule has 8 nitrogen and oxygen atoms in total. The van der Waals surface area contributed by atoms with Gasteiger partial charge in [0.1, 0.15) is 6.61 Å². The Bertz CT molecular complexity index is 757. The summed E-state index contributed by atoms with van der Waals surface area (Å²) in [6.45, 7) is -0.0340. The largest absolute Gasteiger partial charge is 0.375 e. The van der Waals surface area contributed by atoms with Crippen molar-refractivity contribution < 1.29 is 19.2 Å². The van der Waals surface area contributed by atoms with E-state index in [-0.39, 0.29) is 30.5 Å². The van der Waals surface area contributed by atoms with Crippen LogP contribution < -0.4 is 10.6 Å². The van der Waals surface area contributed by atoms with E-state index in [4.69, 9.17) is 4.74 Å². The van der Waals surface area contributed by atoms with Crippen molar-refractivity contribution in [2.75, 3.05) is 24.4 Å². The Labute approximate surface area is 144 Å². The predicted molar refractivity (Wildman–Crippen MR) is 92.4 cm³/mol. The molecule has 8 heteroatoms. The molecular weight excluding hydrogens is 326 g/mol. The molecule has 130 valence electrons. The summed E-state index contributed by atoms with van der Waals surface area (Å²) in [5.74, 6) is -0.512. The van der Waals surface area contributed by atoms with Crippen LogP contribution in [0.25, 0.3) is 0 Å². The molecule has 0 fully saturated rings. The molecule has 0 aliphatic heterocycles. The van der Waals surface area contributed by atoms with Gasteiger partial charge in [-0.1, -0.05) is 12.1 Å². The molecule has 0 unspecified atom stereocenters. The van der Waals surface area contributed by atoms with Gasteiger partial charge in [-0.15, -0.1) is 0 Å². The second-order valence-corrected chi connectivity index (χ2v) is 5.21. The van der Waals surface area contributed by atoms with Crippen LogP contribution in [0.3, 0.4) is 0 Å². The van der Waals surface area contributed by atoms with Crippen LogP contribution in [0.4, 0.5) is 17.1 Å². The number of benzene rings is 2. The SMILES string of the molecule is COCC(=O)Nc1ccc(NC(=O)Cc2ccc([N+](=O)[O-])cc2)cc1. The van der Waals surface area contributed by atoms with Crippen LogP contribution in [-0.4, -0.2) is 30.5 Å². The molecule has 0 saturated heterocycles. The lowest BCUT2D eigenvalue weighted by molar-refractivity contribution is -0.384. The first-order valence-electron chi connectivity index (χ1n) is 7.40. The van der Waals surface area contributed by atoms with E-state index in [9.17, 15) is 19.7 Å². The lowest BCUT2D eigenvalue weighted by Crippen LogP contribution is -2.17. The molecule has 0 spiro atoms. The standard InChI is InChI=1S/C17H17N3O5/c1-25-11-17(22)19-14-6-4-13(5-7-14)18-16(21)10-12-2-8-15(9-3-12)20(23)24/h2-9H,10-11H2,1H3,(H,18,21)(H,19,22). The lowest BCUT2D eigenvalue weighted by atomic mass is 10.1. The van der Waals surface area contributed by atoms with Gasteiger partial charge in [0.25, 0.3) is 5.69 Å². The number of hydrogen-bond acceptors (Lipinski definition) is 5. The van der Waals surface area contributed by atoms with Crippen molar-refractivity contribution in [3.8, 4) is 0 Å². The molecule has 0 aromatic heterocycles. The molecule has 2 amide bonds. The van der Waals surface area contributed by atoms with Crippen LogP contribution in [0.15, 0.2) is 48.5 Å². The Hall–Kier alpha value is -3.26. The number of non-ortho nitro benzene ring substituents is 1. The number of nitrogens with one attached hydrogen (secondary N) is 2. The zero-order valence-corrected chi connectivity index (χ0v) is 13.5. The third-order valence-corrected chi connectivity index (χ3v) is 3.24. The quantitative estimate of drug-likeness (QED) is 0.592. The third kappa shape index (κ3) is 5.70. The zero-order valence-electron chi connectivity index (χ0n) is 13.5. The van der Waals surface area contributed by atoms with E-state index >= 15 is 0 Å². The molecule has 0 heterocycles. The highest BCUT2D eigenvalue weighted by Crippen LogP contribution is 2.15. The molecular formula is C17H17N3O5. The van der Waals surface area contributed by atoms with Crippen molar-refractivity contribution in [3.05, 3.63) is 64.2 Å². The van der Waals surface area contributed by atoms with Crippen molar-refractivity contribution in [1.29, 1.82) is 0 Å². The van der Waals surface area contributed by atoms with Crippen LogP contribution in [0.2, 0.25) is 0 Å². The van der Waals surface area contributed by atoms with Crippen molar-refractivity contribution in [2.45, 2.75) is 6.42 Å². The molecule has 0 aliphatic rings. The zero-order chi connectivity index (χ0) is 18.2. The summed E-state index contributed by atoms with van der Waals surface area (Å²) in [6.07, 6.45) is 0.102. The van der Waals surface area contributed by atoms with E-state index in [0.29, 0.717) is 16.9 Å². The Morgan fingerprint density at radius 3 is 1.96 bits per heavy atom. The van der Waals surface area contributed by atoms with Gasteiger partial charge in [-0.25, -0.2) is 0 Å². The van der Waals surface area contributed by atoms with Crippen LogP contribution in [0.5, 0.6) is 0 Å². The smallest absolute Gasteiger partial charge is 0.269 e. The van der Waals surface area contributed by atoms with Gasteiger partial charge in [-0.2, -0.15) is 0 Å². The molecule has 0 radical (unpaired) electrons. The van der Waals surface area contributed by atoms with Crippen LogP contribution in [0.1, 0.15) is 5.56 Å². The number of nitro benzene ring substituents is 1. The highest BCUT2D eigenvalue weighted by Gasteiger charge is 2.08. The molecule has 0 saturated carbocycles. The normalized spacial score (nSPS) is 10.1. The molecule has 2 aromatic rings. The molecule has 25 heavy (non-hydrogen) atoms. The number of amides is 2. The number of nitro groups is 1. The first-order chi connectivity index (χ1) is 12.0. The van der Waals surface area contributed by atoms with E-state index in [1.54, 1.807) is 36.4 Å². The van der Waals surface area contributed by atoms with Gasteiger partial charge >= 0.3 is 0 Å². The van der Waals surface area contributed by atoms with Gasteiger partial charge in [-0.05, 0) is 29.8 Å². The van der Waals surface area contributed by atoms with Crippen molar-refractivity contribution >= 4 is 28.9 Å². The fourth-order valence-corrected chi connectivity index (χ4v) is 2.09. The maximum absolute atomic E-state index is 12.0. The number of ether oxygens (including phenoxy) is 1. The molecule has 2 aromatic carbocycles. The number of anilines is 2. The fourth-order valence-electron chi connectivity index (χ4n) is 2.09. The molecule has 0 aliphatic carbocycles. The van der Waals surface area contributed by atoms with Gasteiger partial charge in [0.2, 0.25) is 11.8 Å². The maximum Gasteiger partial charge on any atom is 0.269 e. The molecule has 2 N–H and O–H groups in total. The monoisotopic (exact) mass is 343 g/mol. The minimum absolute atomic E-state index is 0.0183. The van der Waals surface area contributed by atoms with E-state index in [1.807, 2.05) is 0 Å². The number of nitrogens with zero attached hydrogens (tertiary/aromatic N) is 1. The summed E-state index contributed by atoms with van der Waals surface area (Å²) in [4.78, 5) is 33.5. The minimum atomic E-state index is -0.489. The number of rotatable bonds is 7. The summed E-state index contributed by atoms with van der Waals surface area (Å²) < 4.78 is 4.72. The maximum atomic E-state index is 12.0. The first-order valence-corrected chi connectivity index (χ1v) is 7.40. The second kappa shape index (κ2) is 8.55. The van der Waals surface area contributed by atoms with Gasteiger partial charge in [0.05, 0.1) is 11.3 Å². The van der Waals surface area contributed by atoms with E-state index in [2.05, 4.69) is 10.6 Å². The summed E-state index contributed by atoms with van der Waals surface area (Å²) >= 11 is 0. The predicted octanol–water partition coefficient (Wildman–Crippen LogP) is 2.36. The average Bonchev–Trinajstić information content (AvgIpc) is 2.57. The van der Waals surface area contributed by atoms with Crippen molar-refractivity contribution in [2.24, 2.45) is 0 Å². The van der Waals surface area contributed by atoms with Gasteiger partial charge in [0.15, 0.2) is 0 Å². The van der Waals surface area contributed by atoms with Gasteiger partial charge in [-0.3, -0.25) is 19.7 Å². The van der Waals surface area contributed by atoms with Crippen LogP contribution in [-0.2, 0) is 20.7 Å². The van der Waals surface area contributed by atoms with Crippen molar-refractivity contribution in [1.82, 2.24) is 0 Å². The van der Waals surface area contributed by atoms with Crippen molar-refractivity contribution in [3.63, 3.8) is 0 Å². The van der Waals surface area contributed by atoms with E-state index in [1.165, 1.54) is 19.2 Å². The summed E-state index contributed by atoms with van der Waals surface area (Å²) in [5, 5.41) is 16.0. The molecule has 2 rings (SSSR count). The Balaban J connectivity index is 1.89. The highest BCUT2D eigenvalue weighted by atomic mass is 16.6. The lowest BCUT2D eigenvalue weighted by Gasteiger charge is -2.08. The highest BCUT2D eigenvalue weighted by molar-refractivity contribution is 5.94. The van der Waals surface area contributed by atoms with Gasteiger partial charge in [0, 0.05) is 30.6 Å². The third-order valence-electron chi connectivity index (χ3n) is 3.24. The number of carbonyl (C=O) groups excluding carboxylic acids is 2. The topological polar surface area (TPSA) is 111 Å². The summed E-state index contributed by atoms with van der Waals surface area (Å²) in [6, 6.07) is 12.5. The molecule has 0 atom stereocenters. The van der Waals surface area contributed by atoms with Gasteiger partial charge < -0.3 is 15.4 Å². The Morgan fingerprint density at radius 1 is 0.960 bits per heavy atom. The minimum Gasteiger partial charge on any atom is -0.375 e. The number of methoxy groups -OCH3 is 1. The average molecular weight is 343 g/mol. The number of hydrogen-bond donors (Lipinski definition) is 2. The molecule has 0 bridgehead atoms. The van der Waals surface area contributed by atoms with E-state index in [0.717, 1.165) is 0 Å². The second-order valence-electron chi connectivity index (χ2n) is 5.21. The summed E-state index contributed by atoms with van der Waals surface area (Å²) in [7, 11) is 1.43. The Kier molecular flexibility index (Phi) is 6.19.